The molecule has 0 saturated carbocycles. The first-order chi connectivity index (χ1) is 67.1. The number of benzene rings is 9. The summed E-state index contributed by atoms with van der Waals surface area (Å²) in [6, 6.07) is 25.4. The van der Waals surface area contributed by atoms with Gasteiger partial charge in [-0.25, -0.2) is 14.4 Å². The standard InChI is InChI=1S/2C33H32O14.C32H30O14/c2*1-14-28(44-15(2)36)30(45-16(3)37)31(46-17(4)38)33(43-14)47-29-22-8-20(11-35)19(10-34)7-21(22)26(27-23(29)12-40-32(27)39)18-5-6-24-25(9-18)42-13-41-24;1-14(35)43-25-12-40-32(30(45-16(3)37)29(25)44-15(2)36)46-28-21-7-19(10-34)18(9-33)6-20(21)26(27-22(28)11-39-31(27)38)17-4-5-23-24(8-17)42-13-41-23/h2*5-9,14,28,30-31,33-35H,10-13H2,1-4H3;4-8,25,29-30,32-34H,9-13H2,1-3H3/t14-,28+,30+,31-,33?;14-,28-,30+,31-,33?;25-,29-,30+,32?/m010/s1. The van der Waals surface area contributed by atoms with Gasteiger partial charge in [-0.3, -0.25) is 43.2 Å². The van der Waals surface area contributed by atoms with E-state index in [2.05, 4.69) is 0 Å². The van der Waals surface area contributed by atoms with Crippen molar-refractivity contribution in [3.05, 3.63) is 158 Å². The Morgan fingerprint density at radius 1 is 0.286 bits per heavy atom. The second-order valence-corrected chi connectivity index (χ2v) is 33.3. The maximum absolute atomic E-state index is 13.4. The molecule has 3 saturated heterocycles. The molecule has 0 bridgehead atoms. The maximum atomic E-state index is 13.4. The number of aliphatic hydroxyl groups excluding tert-OH is 6. The predicted molar refractivity (Wildman–Crippen MR) is 470 cm³/mol. The Morgan fingerprint density at radius 2 is 0.536 bits per heavy atom. The number of hydrogen-bond donors (Lipinski definition) is 6. The number of fused-ring (bicyclic) bond motifs is 9. The van der Waals surface area contributed by atoms with Crippen molar-refractivity contribution in [1.82, 2.24) is 0 Å². The van der Waals surface area contributed by atoms with Crippen LogP contribution in [-0.2, 0) is 174 Å². The van der Waals surface area contributed by atoms with Crippen LogP contribution in [-0.4, -0.2) is 215 Å². The summed E-state index contributed by atoms with van der Waals surface area (Å²) in [5, 5.41) is 63.7. The molecule has 9 aliphatic heterocycles. The van der Waals surface area contributed by atoms with Crippen LogP contribution in [0, 0.1) is 0 Å². The number of aliphatic hydroxyl groups is 6. The Hall–Kier alpha value is -14.8. The van der Waals surface area contributed by atoms with E-state index in [1.165, 1.54) is 20.8 Å². The normalized spacial score (nSPS) is 22.3. The van der Waals surface area contributed by atoms with Crippen LogP contribution in [0.1, 0.15) is 157 Å². The SMILES string of the molecule is CC(=O)O[C@@H]1[C@H](OC(C)=O)[C@H](C)OC(Oc2c3c(c(-c4ccc5c(c4)OCO5)c4cc(CO)c(CO)cc24)C(=O)OC3)[C@H]1OC(C)=O.CC(=O)O[C@H]1[C@@H](OC(C)=O)COC(Oc2c3c(c(-c4ccc5c(c4)OCO5)c4cc(CO)c(CO)cc24)C(=O)OC3)[C@@H]1OC(C)=O.CC(=O)O[C@H]1[C@H](OC(C)=O)[C@@H](OC(C)=O)C(Oc2c3c(c(-c4ccc5c(c4)OCO5)c4cc(CO)c(CO)cc24)C(=O)OC3)O[C@@H]1C. The summed E-state index contributed by atoms with van der Waals surface area (Å²) in [5.41, 5.74) is 7.03. The van der Waals surface area contributed by atoms with Crippen LogP contribution < -0.4 is 42.6 Å². The Kier molecular flexibility index (Phi) is 28.9. The summed E-state index contributed by atoms with van der Waals surface area (Å²) in [4.78, 5) is 149. The minimum atomic E-state index is -1.44. The molecule has 14 atom stereocenters. The highest BCUT2D eigenvalue weighted by Gasteiger charge is 2.56. The first kappa shape index (κ1) is 98.3. The van der Waals surface area contributed by atoms with Gasteiger partial charge in [-0.2, -0.15) is 0 Å². The molecule has 0 aromatic heterocycles. The van der Waals surface area contributed by atoms with Gasteiger partial charge >= 0.3 is 71.6 Å². The molecule has 0 aliphatic carbocycles. The molecule has 0 spiro atoms. The van der Waals surface area contributed by atoms with Gasteiger partial charge in [-0.15, -0.1) is 0 Å². The highest BCUT2D eigenvalue weighted by Crippen LogP contribution is 2.54. The number of ether oxygens (including phenoxy) is 24. The van der Waals surface area contributed by atoms with Crippen LogP contribution in [0.2, 0.25) is 0 Å². The number of carbonyl (C=O) groups is 12. The van der Waals surface area contributed by atoms with Crippen molar-refractivity contribution in [1.29, 1.82) is 0 Å². The molecule has 18 rings (SSSR count). The molecule has 9 aromatic rings. The van der Waals surface area contributed by atoms with Gasteiger partial charge in [0.25, 0.3) is 0 Å². The van der Waals surface area contributed by atoms with Crippen molar-refractivity contribution >= 4 is 104 Å². The van der Waals surface area contributed by atoms with Gasteiger partial charge in [0.05, 0.1) is 75.1 Å². The number of rotatable bonds is 24. The Balaban J connectivity index is 0.000000151. The van der Waals surface area contributed by atoms with Crippen LogP contribution in [0.25, 0.3) is 65.7 Å². The van der Waals surface area contributed by atoms with Crippen molar-refractivity contribution in [2.24, 2.45) is 0 Å². The zero-order valence-electron chi connectivity index (χ0n) is 76.8. The van der Waals surface area contributed by atoms with Crippen molar-refractivity contribution in [3.8, 4) is 85.1 Å². The smallest absolute Gasteiger partial charge is 0.339 e. The molecule has 9 aliphatic rings. The van der Waals surface area contributed by atoms with Crippen LogP contribution in [0.3, 0.4) is 0 Å². The first-order valence-electron chi connectivity index (χ1n) is 43.9. The van der Waals surface area contributed by atoms with E-state index in [0.29, 0.717) is 150 Å². The molecule has 140 heavy (non-hydrogen) atoms. The summed E-state index contributed by atoms with van der Waals surface area (Å²) in [6.07, 6.45) is -17.8. The third kappa shape index (κ3) is 19.6. The molecule has 6 N–H and O–H groups in total. The van der Waals surface area contributed by atoms with E-state index < -0.39 is 197 Å². The van der Waals surface area contributed by atoms with E-state index in [1.54, 1.807) is 105 Å². The number of carbonyl (C=O) groups excluding carboxylic acids is 12. The zero-order valence-corrected chi connectivity index (χ0v) is 76.8. The van der Waals surface area contributed by atoms with Crippen molar-refractivity contribution in [2.75, 3.05) is 27.0 Å². The minimum Gasteiger partial charge on any atom is -0.460 e. The lowest BCUT2D eigenvalue weighted by Crippen LogP contribution is -2.62. The zero-order chi connectivity index (χ0) is 99.8. The van der Waals surface area contributed by atoms with E-state index in [9.17, 15) is 88.2 Å². The predicted octanol–water partition coefficient (Wildman–Crippen LogP) is 8.04. The Morgan fingerprint density at radius 3 is 0.821 bits per heavy atom. The highest BCUT2D eigenvalue weighted by molar-refractivity contribution is 6.16. The molecule has 0 amide bonds. The summed E-state index contributed by atoms with van der Waals surface area (Å²) in [5.74, 6) is -5.13. The van der Waals surface area contributed by atoms with E-state index in [-0.39, 0.29) is 80.7 Å². The molecule has 0 radical (unpaired) electrons. The third-order valence-corrected chi connectivity index (χ3v) is 24.0. The van der Waals surface area contributed by atoms with Gasteiger partial charge in [-0.05, 0) is 153 Å². The lowest BCUT2D eigenvalue weighted by molar-refractivity contribution is -0.280. The van der Waals surface area contributed by atoms with Gasteiger partial charge < -0.3 is 144 Å². The quantitative estimate of drug-likeness (QED) is 0.0246. The van der Waals surface area contributed by atoms with Crippen molar-refractivity contribution in [3.63, 3.8) is 0 Å². The molecule has 42 heteroatoms. The summed E-state index contributed by atoms with van der Waals surface area (Å²) >= 11 is 0. The fourth-order valence-electron chi connectivity index (χ4n) is 18.3. The van der Waals surface area contributed by atoms with E-state index >= 15 is 0 Å². The Bertz CT molecular complexity index is 6270. The fourth-order valence-corrected chi connectivity index (χ4v) is 18.3. The van der Waals surface area contributed by atoms with Gasteiger partial charge in [0.2, 0.25) is 57.6 Å². The average Bonchev–Trinajstić information content (AvgIpc) is 1.47. The van der Waals surface area contributed by atoms with Crippen molar-refractivity contribution < 1.29 is 202 Å². The van der Waals surface area contributed by atoms with E-state index in [0.717, 1.165) is 41.5 Å². The van der Waals surface area contributed by atoms with Crippen LogP contribution in [0.15, 0.2) is 91.0 Å². The maximum Gasteiger partial charge on any atom is 0.339 e. The number of hydrogen-bond acceptors (Lipinski definition) is 42. The lowest BCUT2D eigenvalue weighted by Gasteiger charge is -2.43. The number of esters is 12. The van der Waals surface area contributed by atoms with Gasteiger partial charge in [0.1, 0.15) is 37.1 Å². The molecular weight excluding hydrogens is 1850 g/mol. The third-order valence-electron chi connectivity index (χ3n) is 24.0. The van der Waals surface area contributed by atoms with Crippen LogP contribution in [0.4, 0.5) is 0 Å². The van der Waals surface area contributed by atoms with Crippen LogP contribution >= 0.6 is 0 Å². The molecular formula is C98H94O42. The molecule has 9 aromatic carbocycles. The monoisotopic (exact) mass is 1940 g/mol. The van der Waals surface area contributed by atoms with Crippen LogP contribution in [0.5, 0.6) is 51.7 Å². The Labute approximate surface area is 793 Å². The second kappa shape index (κ2) is 41.1. The summed E-state index contributed by atoms with van der Waals surface area (Å²) < 4.78 is 136. The van der Waals surface area contributed by atoms with Gasteiger partial charge in [0.15, 0.2) is 71.1 Å². The van der Waals surface area contributed by atoms with Gasteiger partial charge in [0, 0.05) is 112 Å². The highest BCUT2D eigenvalue weighted by atomic mass is 16.8. The minimum absolute atomic E-state index is 0.0386. The van der Waals surface area contributed by atoms with E-state index in [1.807, 2.05) is 0 Å². The average molecular weight is 1940 g/mol. The molecule has 738 valence electrons. The molecule has 3 fully saturated rings. The molecule has 42 nitrogen and oxygen atoms in total. The summed E-state index contributed by atoms with van der Waals surface area (Å²) in [7, 11) is 0. The molecule has 3 unspecified atom stereocenters. The fraction of sp³-hybridized carbons (Fsp3) is 0.388. The van der Waals surface area contributed by atoms with Crippen molar-refractivity contribution in [2.45, 2.75) is 222 Å². The lowest BCUT2D eigenvalue weighted by atomic mass is 9.87. The second-order valence-electron chi connectivity index (χ2n) is 33.3. The summed E-state index contributed by atoms with van der Waals surface area (Å²) in [6.45, 7) is 10.3. The number of cyclic esters (lactones) is 3. The topological polar surface area (TPSA) is 548 Å². The largest absolute Gasteiger partial charge is 0.460 e. The van der Waals surface area contributed by atoms with Gasteiger partial charge in [-0.1, -0.05) is 18.2 Å². The first-order valence-corrected chi connectivity index (χ1v) is 43.9. The molecule has 9 heterocycles. The van der Waals surface area contributed by atoms with E-state index in [4.69, 9.17) is 114 Å².